The van der Waals surface area contributed by atoms with Crippen LogP contribution in [0.1, 0.15) is 18.1 Å². The van der Waals surface area contributed by atoms with Crippen LogP contribution in [0.3, 0.4) is 0 Å². The molecule has 1 aliphatic rings. The maximum atomic E-state index is 5.60. The fraction of sp³-hybridized carbons (Fsp3) is 0.571. The van der Waals surface area contributed by atoms with Gasteiger partial charge in [0.1, 0.15) is 13.2 Å². The summed E-state index contributed by atoms with van der Waals surface area (Å²) in [5.74, 6) is 1.74. The summed E-state index contributed by atoms with van der Waals surface area (Å²) in [5.41, 5.74) is 2.52. The Labute approximate surface area is 109 Å². The third kappa shape index (κ3) is 3.37. The molecule has 0 saturated carbocycles. The van der Waals surface area contributed by atoms with Crippen molar-refractivity contribution in [1.29, 1.82) is 0 Å². The number of benzene rings is 1. The van der Waals surface area contributed by atoms with Crippen LogP contribution >= 0.6 is 0 Å². The van der Waals surface area contributed by atoms with Gasteiger partial charge in [0, 0.05) is 19.6 Å². The molecular formula is C14H22N2O2. The number of nitrogens with one attached hydrogen (secondary N) is 2. The van der Waals surface area contributed by atoms with E-state index in [-0.39, 0.29) is 0 Å². The van der Waals surface area contributed by atoms with Crippen molar-refractivity contribution in [2.45, 2.75) is 20.4 Å². The van der Waals surface area contributed by atoms with Gasteiger partial charge in [-0.15, -0.1) is 0 Å². The molecule has 0 bridgehead atoms. The molecule has 1 heterocycles. The number of aryl methyl sites for hydroxylation is 1. The second kappa shape index (κ2) is 6.61. The van der Waals surface area contributed by atoms with Crippen molar-refractivity contribution < 1.29 is 9.47 Å². The van der Waals surface area contributed by atoms with Gasteiger partial charge in [-0.3, -0.25) is 0 Å². The van der Waals surface area contributed by atoms with Crippen LogP contribution in [0.5, 0.6) is 11.5 Å². The lowest BCUT2D eigenvalue weighted by atomic mass is 10.1. The van der Waals surface area contributed by atoms with Gasteiger partial charge in [0.2, 0.25) is 0 Å². The number of rotatable bonds is 6. The topological polar surface area (TPSA) is 42.5 Å². The summed E-state index contributed by atoms with van der Waals surface area (Å²) in [6.45, 7) is 9.38. The Kier molecular flexibility index (Phi) is 4.84. The Morgan fingerprint density at radius 2 is 1.72 bits per heavy atom. The Bertz CT molecular complexity index is 394. The molecule has 0 unspecified atom stereocenters. The molecule has 2 N–H and O–H groups in total. The summed E-state index contributed by atoms with van der Waals surface area (Å²) >= 11 is 0. The van der Waals surface area contributed by atoms with Gasteiger partial charge in [0.25, 0.3) is 0 Å². The van der Waals surface area contributed by atoms with Crippen LogP contribution in [0, 0.1) is 6.92 Å². The van der Waals surface area contributed by atoms with E-state index in [1.165, 1.54) is 11.1 Å². The minimum atomic E-state index is 0.642. The average Bonchev–Trinajstić information content (AvgIpc) is 2.39. The molecule has 0 atom stereocenters. The van der Waals surface area contributed by atoms with Crippen LogP contribution in [0.25, 0.3) is 0 Å². The monoisotopic (exact) mass is 250 g/mol. The third-order valence-electron chi connectivity index (χ3n) is 3.04. The molecule has 1 aromatic rings. The van der Waals surface area contributed by atoms with E-state index in [1.54, 1.807) is 0 Å². The SMILES string of the molecule is CCNCCNCc1cc2c(cc1C)OCCO2. The van der Waals surface area contributed by atoms with Crippen molar-refractivity contribution in [2.75, 3.05) is 32.8 Å². The summed E-state index contributed by atoms with van der Waals surface area (Å²) in [5, 5.41) is 6.72. The molecule has 2 rings (SSSR count). The number of ether oxygens (including phenoxy) is 2. The maximum Gasteiger partial charge on any atom is 0.161 e. The predicted octanol–water partition coefficient (Wildman–Crippen LogP) is 1.47. The number of hydrogen-bond donors (Lipinski definition) is 2. The van der Waals surface area contributed by atoms with Crippen molar-refractivity contribution in [2.24, 2.45) is 0 Å². The first kappa shape index (κ1) is 13.2. The van der Waals surface area contributed by atoms with Gasteiger partial charge >= 0.3 is 0 Å². The van der Waals surface area contributed by atoms with E-state index in [0.717, 1.165) is 37.7 Å². The van der Waals surface area contributed by atoms with Crippen molar-refractivity contribution in [1.82, 2.24) is 10.6 Å². The zero-order valence-corrected chi connectivity index (χ0v) is 11.2. The predicted molar refractivity (Wildman–Crippen MR) is 72.4 cm³/mol. The van der Waals surface area contributed by atoms with Crippen LogP contribution in [-0.2, 0) is 6.54 Å². The summed E-state index contributed by atoms with van der Waals surface area (Å²) < 4.78 is 11.2. The highest BCUT2D eigenvalue weighted by Crippen LogP contribution is 2.32. The number of likely N-dealkylation sites (N-methyl/N-ethyl adjacent to an activating group) is 1. The second-order valence-electron chi connectivity index (χ2n) is 4.45. The van der Waals surface area contributed by atoms with Crippen LogP contribution in [0.2, 0.25) is 0 Å². The quantitative estimate of drug-likeness (QED) is 0.750. The first-order chi connectivity index (χ1) is 8.81. The molecule has 4 nitrogen and oxygen atoms in total. The molecule has 0 radical (unpaired) electrons. The minimum Gasteiger partial charge on any atom is -0.486 e. The lowest BCUT2D eigenvalue weighted by Gasteiger charge is -2.20. The highest BCUT2D eigenvalue weighted by molar-refractivity contribution is 5.47. The van der Waals surface area contributed by atoms with E-state index in [9.17, 15) is 0 Å². The molecule has 1 aliphatic heterocycles. The molecule has 0 amide bonds. The van der Waals surface area contributed by atoms with Gasteiger partial charge in [0.05, 0.1) is 0 Å². The lowest BCUT2D eigenvalue weighted by Crippen LogP contribution is -2.27. The first-order valence-electron chi connectivity index (χ1n) is 6.62. The van der Waals surface area contributed by atoms with E-state index >= 15 is 0 Å². The Hall–Kier alpha value is -1.26. The Balaban J connectivity index is 1.91. The lowest BCUT2D eigenvalue weighted by molar-refractivity contribution is 0.171. The molecule has 1 aromatic carbocycles. The van der Waals surface area contributed by atoms with E-state index in [0.29, 0.717) is 13.2 Å². The number of hydrogen-bond acceptors (Lipinski definition) is 4. The Morgan fingerprint density at radius 1 is 1.06 bits per heavy atom. The average molecular weight is 250 g/mol. The first-order valence-corrected chi connectivity index (χ1v) is 6.62. The van der Waals surface area contributed by atoms with Crippen LogP contribution in [0.15, 0.2) is 12.1 Å². The van der Waals surface area contributed by atoms with Gasteiger partial charge in [-0.05, 0) is 36.7 Å². The summed E-state index contributed by atoms with van der Waals surface area (Å²) in [6.07, 6.45) is 0. The summed E-state index contributed by atoms with van der Waals surface area (Å²) in [4.78, 5) is 0. The van der Waals surface area contributed by atoms with Crippen LogP contribution < -0.4 is 20.1 Å². The van der Waals surface area contributed by atoms with Gasteiger partial charge in [-0.1, -0.05) is 6.92 Å². The van der Waals surface area contributed by atoms with Gasteiger partial charge in [-0.2, -0.15) is 0 Å². The Morgan fingerprint density at radius 3 is 2.44 bits per heavy atom. The molecule has 0 fully saturated rings. The minimum absolute atomic E-state index is 0.642. The van der Waals surface area contributed by atoms with Crippen molar-refractivity contribution in [3.8, 4) is 11.5 Å². The van der Waals surface area contributed by atoms with E-state index in [2.05, 4.69) is 36.6 Å². The molecule has 0 aliphatic carbocycles. The standard InChI is InChI=1S/C14H22N2O2/c1-3-15-4-5-16-10-12-9-14-13(8-11(12)2)17-6-7-18-14/h8-9,15-16H,3-7,10H2,1-2H3. The second-order valence-corrected chi connectivity index (χ2v) is 4.45. The normalized spacial score (nSPS) is 13.7. The molecule has 0 saturated heterocycles. The van der Waals surface area contributed by atoms with Gasteiger partial charge in [0.15, 0.2) is 11.5 Å². The summed E-state index contributed by atoms with van der Waals surface area (Å²) in [7, 11) is 0. The molecular weight excluding hydrogens is 228 g/mol. The van der Waals surface area contributed by atoms with E-state index in [4.69, 9.17) is 9.47 Å². The third-order valence-corrected chi connectivity index (χ3v) is 3.04. The highest BCUT2D eigenvalue weighted by atomic mass is 16.6. The molecule has 0 spiro atoms. The van der Waals surface area contributed by atoms with Gasteiger partial charge < -0.3 is 20.1 Å². The fourth-order valence-electron chi connectivity index (χ4n) is 2.00. The van der Waals surface area contributed by atoms with Crippen LogP contribution in [-0.4, -0.2) is 32.8 Å². The molecule has 4 heteroatoms. The molecule has 0 aromatic heterocycles. The highest BCUT2D eigenvalue weighted by Gasteiger charge is 2.13. The zero-order chi connectivity index (χ0) is 12.8. The van der Waals surface area contributed by atoms with Crippen molar-refractivity contribution in [3.05, 3.63) is 23.3 Å². The molecule has 100 valence electrons. The maximum absolute atomic E-state index is 5.60. The van der Waals surface area contributed by atoms with E-state index in [1.807, 2.05) is 0 Å². The molecule has 18 heavy (non-hydrogen) atoms. The van der Waals surface area contributed by atoms with E-state index < -0.39 is 0 Å². The fourth-order valence-corrected chi connectivity index (χ4v) is 2.00. The van der Waals surface area contributed by atoms with Crippen LogP contribution in [0.4, 0.5) is 0 Å². The largest absolute Gasteiger partial charge is 0.486 e. The van der Waals surface area contributed by atoms with Crippen molar-refractivity contribution in [3.63, 3.8) is 0 Å². The van der Waals surface area contributed by atoms with Gasteiger partial charge in [-0.25, -0.2) is 0 Å². The number of fused-ring (bicyclic) bond motifs is 1. The smallest absolute Gasteiger partial charge is 0.161 e. The van der Waals surface area contributed by atoms with Crippen molar-refractivity contribution >= 4 is 0 Å². The zero-order valence-electron chi connectivity index (χ0n) is 11.2. The summed E-state index contributed by atoms with van der Waals surface area (Å²) in [6, 6.07) is 4.15.